The van der Waals surface area contributed by atoms with E-state index in [9.17, 15) is 9.50 Å². The zero-order valence-electron chi connectivity index (χ0n) is 16.9. The molecule has 2 aliphatic heterocycles. The number of piperidine rings is 1. The maximum Gasteiger partial charge on any atom is 0.165 e. The minimum Gasteiger partial charge on any atom is -0.494 e. The minimum atomic E-state index is -0.903. The van der Waals surface area contributed by atoms with Crippen LogP contribution in [0, 0.1) is 5.82 Å². The van der Waals surface area contributed by atoms with Crippen molar-refractivity contribution in [2.75, 3.05) is 46.5 Å². The number of rotatable bonds is 5. The number of morpholine rings is 1. The normalized spacial score (nSPS) is 26.4. The number of aliphatic hydroxyl groups is 1. The van der Waals surface area contributed by atoms with Gasteiger partial charge in [0.25, 0.3) is 0 Å². The zero-order valence-corrected chi connectivity index (χ0v) is 16.9. The Hall–Kier alpha value is -1.99. The van der Waals surface area contributed by atoms with Crippen molar-refractivity contribution in [1.82, 2.24) is 9.80 Å². The van der Waals surface area contributed by atoms with Gasteiger partial charge in [-0.15, -0.1) is 0 Å². The third-order valence-electron chi connectivity index (χ3n) is 6.17. The Balaban J connectivity index is 1.55. The number of likely N-dealkylation sites (tertiary alicyclic amines) is 1. The van der Waals surface area contributed by atoms with E-state index in [2.05, 4.69) is 9.80 Å². The first-order chi connectivity index (χ1) is 14.1. The first-order valence-electron chi connectivity index (χ1n) is 10.2. The summed E-state index contributed by atoms with van der Waals surface area (Å²) in [4.78, 5) is 4.65. The van der Waals surface area contributed by atoms with Crippen molar-refractivity contribution < 1.29 is 19.0 Å². The quantitative estimate of drug-likeness (QED) is 0.836. The number of hydrogen-bond acceptors (Lipinski definition) is 5. The molecule has 29 heavy (non-hydrogen) atoms. The Morgan fingerprint density at radius 2 is 1.90 bits per heavy atom. The molecule has 5 nitrogen and oxygen atoms in total. The van der Waals surface area contributed by atoms with Gasteiger partial charge in [0, 0.05) is 32.7 Å². The summed E-state index contributed by atoms with van der Waals surface area (Å²) in [6.07, 6.45) is 0.637. The largest absolute Gasteiger partial charge is 0.494 e. The van der Waals surface area contributed by atoms with Crippen molar-refractivity contribution >= 4 is 0 Å². The Bertz CT molecular complexity index is 813. The molecule has 0 aromatic heterocycles. The topological polar surface area (TPSA) is 45.2 Å². The number of benzene rings is 2. The lowest BCUT2D eigenvalue weighted by molar-refractivity contribution is -0.119. The van der Waals surface area contributed by atoms with E-state index in [0.717, 1.165) is 37.3 Å². The van der Waals surface area contributed by atoms with Crippen LogP contribution in [0.3, 0.4) is 0 Å². The highest BCUT2D eigenvalue weighted by Crippen LogP contribution is 2.37. The molecule has 0 radical (unpaired) electrons. The van der Waals surface area contributed by atoms with Crippen LogP contribution in [0.15, 0.2) is 48.5 Å². The summed E-state index contributed by atoms with van der Waals surface area (Å²) in [5.74, 6) is -0.0791. The highest BCUT2D eigenvalue weighted by molar-refractivity contribution is 5.30. The average molecular weight is 400 g/mol. The summed E-state index contributed by atoms with van der Waals surface area (Å²) < 4.78 is 24.7. The van der Waals surface area contributed by atoms with Crippen molar-refractivity contribution in [2.45, 2.75) is 24.6 Å². The summed E-state index contributed by atoms with van der Waals surface area (Å²) in [6, 6.07) is 15.1. The molecule has 6 heteroatoms. The first kappa shape index (κ1) is 20.3. The molecule has 2 saturated heterocycles. The third-order valence-corrected chi connectivity index (χ3v) is 6.17. The highest BCUT2D eigenvalue weighted by Gasteiger charge is 2.45. The molecule has 4 rings (SSSR count). The molecule has 1 N–H and O–H groups in total. The van der Waals surface area contributed by atoms with E-state index in [0.29, 0.717) is 26.2 Å². The van der Waals surface area contributed by atoms with Crippen molar-refractivity contribution in [3.8, 4) is 5.75 Å². The predicted octanol–water partition coefficient (Wildman–Crippen LogP) is 2.63. The second-order valence-electron chi connectivity index (χ2n) is 7.91. The van der Waals surface area contributed by atoms with Gasteiger partial charge in [-0.2, -0.15) is 0 Å². The van der Waals surface area contributed by atoms with E-state index in [4.69, 9.17) is 9.47 Å². The number of halogens is 1. The number of nitrogens with zero attached hydrogens (tertiary/aromatic N) is 2. The van der Waals surface area contributed by atoms with E-state index < -0.39 is 5.60 Å². The standard InChI is InChI=1S/C23H29FN2O3/c1-28-21-8-7-18(15-20(21)24)16-25-10-9-23(27,19-5-3-2-4-6-19)22(17-25)26-11-13-29-14-12-26/h2-8,15,22,27H,9-14,16-17H2,1H3/t22-,23+/m1/s1. The molecule has 2 fully saturated rings. The van der Waals surface area contributed by atoms with Crippen molar-refractivity contribution in [3.63, 3.8) is 0 Å². The third kappa shape index (κ3) is 4.31. The average Bonchev–Trinajstić information content (AvgIpc) is 2.76. The molecule has 0 spiro atoms. The maximum atomic E-state index is 14.1. The smallest absolute Gasteiger partial charge is 0.165 e. The van der Waals surface area contributed by atoms with Crippen molar-refractivity contribution in [1.29, 1.82) is 0 Å². The molecule has 2 atom stereocenters. The van der Waals surface area contributed by atoms with Crippen LogP contribution < -0.4 is 4.74 Å². The molecule has 2 heterocycles. The number of methoxy groups -OCH3 is 1. The van der Waals surface area contributed by atoms with Gasteiger partial charge in [-0.3, -0.25) is 9.80 Å². The monoisotopic (exact) mass is 400 g/mol. The van der Waals surface area contributed by atoms with Gasteiger partial charge in [0.05, 0.1) is 26.4 Å². The van der Waals surface area contributed by atoms with Gasteiger partial charge in [-0.1, -0.05) is 36.4 Å². The highest BCUT2D eigenvalue weighted by atomic mass is 19.1. The van der Waals surface area contributed by atoms with Gasteiger partial charge in [0.1, 0.15) is 5.60 Å². The van der Waals surface area contributed by atoms with E-state index in [1.165, 1.54) is 7.11 Å². The van der Waals surface area contributed by atoms with Crippen LogP contribution in [0.25, 0.3) is 0 Å². The molecule has 156 valence electrons. The molecule has 0 aliphatic carbocycles. The fraction of sp³-hybridized carbons (Fsp3) is 0.478. The van der Waals surface area contributed by atoms with E-state index in [-0.39, 0.29) is 17.6 Å². The molecule has 2 aromatic carbocycles. The van der Waals surface area contributed by atoms with Crippen molar-refractivity contribution in [3.05, 3.63) is 65.5 Å². The van der Waals surface area contributed by atoms with Crippen LogP contribution >= 0.6 is 0 Å². The molecule has 0 saturated carbocycles. The fourth-order valence-electron chi connectivity index (χ4n) is 4.56. The van der Waals surface area contributed by atoms with Gasteiger partial charge < -0.3 is 14.6 Å². The van der Waals surface area contributed by atoms with Gasteiger partial charge in [-0.25, -0.2) is 4.39 Å². The summed E-state index contributed by atoms with van der Waals surface area (Å²) in [6.45, 7) is 5.11. The van der Waals surface area contributed by atoms with Crippen LogP contribution in [0.2, 0.25) is 0 Å². The van der Waals surface area contributed by atoms with E-state index >= 15 is 0 Å². The number of ether oxygens (including phenoxy) is 2. The lowest BCUT2D eigenvalue weighted by Crippen LogP contribution is -2.62. The zero-order chi connectivity index (χ0) is 20.3. The Kier molecular flexibility index (Phi) is 6.15. The lowest BCUT2D eigenvalue weighted by Gasteiger charge is -2.50. The van der Waals surface area contributed by atoms with Crippen molar-refractivity contribution in [2.24, 2.45) is 0 Å². The fourth-order valence-corrected chi connectivity index (χ4v) is 4.56. The van der Waals surface area contributed by atoms with Gasteiger partial charge in [-0.05, 0) is 29.7 Å². The van der Waals surface area contributed by atoms with E-state index in [1.807, 2.05) is 36.4 Å². The molecule has 2 aliphatic rings. The summed E-state index contributed by atoms with van der Waals surface area (Å²) in [5.41, 5.74) is 0.973. The van der Waals surface area contributed by atoms with Crippen LogP contribution in [0.4, 0.5) is 4.39 Å². The SMILES string of the molecule is COc1ccc(CN2CC[C@](O)(c3ccccc3)[C@H](N3CCOCC3)C2)cc1F. The van der Waals surface area contributed by atoms with Gasteiger partial charge in [0.15, 0.2) is 11.6 Å². The van der Waals surface area contributed by atoms with E-state index in [1.54, 1.807) is 12.1 Å². The summed E-state index contributed by atoms with van der Waals surface area (Å²) >= 11 is 0. The Labute approximate surface area is 171 Å². The maximum absolute atomic E-state index is 14.1. The van der Waals surface area contributed by atoms with Gasteiger partial charge >= 0.3 is 0 Å². The number of hydrogen-bond donors (Lipinski definition) is 1. The van der Waals surface area contributed by atoms with Crippen LogP contribution in [0.5, 0.6) is 5.75 Å². The van der Waals surface area contributed by atoms with Gasteiger partial charge in [0.2, 0.25) is 0 Å². The Morgan fingerprint density at radius 1 is 1.14 bits per heavy atom. The summed E-state index contributed by atoms with van der Waals surface area (Å²) in [7, 11) is 1.47. The first-order valence-corrected chi connectivity index (χ1v) is 10.2. The van der Waals surface area contributed by atoms with Crippen LogP contribution in [0.1, 0.15) is 17.5 Å². The second-order valence-corrected chi connectivity index (χ2v) is 7.91. The van der Waals surface area contributed by atoms with Crippen LogP contribution in [-0.2, 0) is 16.9 Å². The predicted molar refractivity (Wildman–Crippen MR) is 109 cm³/mol. The van der Waals surface area contributed by atoms with Crippen LogP contribution in [-0.4, -0.2) is 67.5 Å². The molecular weight excluding hydrogens is 371 g/mol. The molecule has 0 bridgehead atoms. The minimum absolute atomic E-state index is 0.0364. The molecular formula is C23H29FN2O3. The molecule has 0 unspecified atom stereocenters. The molecule has 0 amide bonds. The summed E-state index contributed by atoms with van der Waals surface area (Å²) in [5, 5.41) is 11.8. The lowest BCUT2D eigenvalue weighted by atomic mass is 9.79. The second kappa shape index (κ2) is 8.79. The Morgan fingerprint density at radius 3 is 2.59 bits per heavy atom. The molecule has 2 aromatic rings.